The van der Waals surface area contributed by atoms with Gasteiger partial charge < -0.3 is 28.3 Å². The van der Waals surface area contributed by atoms with Crippen molar-refractivity contribution < 1.29 is 28.2 Å². The summed E-state index contributed by atoms with van der Waals surface area (Å²) in [4.78, 5) is 28.7. The third-order valence-corrected chi connectivity index (χ3v) is 4.99. The van der Waals surface area contributed by atoms with Crippen molar-refractivity contribution in [1.29, 1.82) is 0 Å². The number of H-pyrrole nitrogens is 1. The van der Waals surface area contributed by atoms with Crippen LogP contribution < -0.4 is 19.8 Å². The summed E-state index contributed by atoms with van der Waals surface area (Å²) in [5, 5.41) is 0.714. The fourth-order valence-electron chi connectivity index (χ4n) is 3.63. The first-order chi connectivity index (χ1) is 16.0. The van der Waals surface area contributed by atoms with Crippen LogP contribution in [0.3, 0.4) is 0 Å². The molecule has 8 heteroatoms. The number of fused-ring (bicyclic) bond motifs is 3. The molecule has 0 radical (unpaired) electrons. The highest BCUT2D eigenvalue weighted by molar-refractivity contribution is 6.12. The van der Waals surface area contributed by atoms with Crippen LogP contribution in [0, 0.1) is 0 Å². The normalized spacial score (nSPS) is 10.5. The van der Waals surface area contributed by atoms with Gasteiger partial charge in [0, 0.05) is 17.0 Å². The summed E-state index contributed by atoms with van der Waals surface area (Å²) in [7, 11) is 4.48. The van der Waals surface area contributed by atoms with E-state index in [4.69, 9.17) is 23.4 Å². The van der Waals surface area contributed by atoms with Crippen molar-refractivity contribution in [2.24, 2.45) is 0 Å². The monoisotopic (exact) mass is 453 g/mol. The number of benzene rings is 2. The molecule has 0 unspecified atom stereocenters. The van der Waals surface area contributed by atoms with E-state index in [1.807, 2.05) is 32.0 Å². The van der Waals surface area contributed by atoms with Gasteiger partial charge in [-0.25, -0.2) is 4.79 Å². The number of aromatic amines is 1. The number of esters is 1. The maximum absolute atomic E-state index is 13.1. The summed E-state index contributed by atoms with van der Waals surface area (Å²) in [6.07, 6.45) is 0. The number of nitrogens with one attached hydrogen (secondary N) is 1. The van der Waals surface area contributed by atoms with Gasteiger partial charge in [-0.2, -0.15) is 0 Å². The highest BCUT2D eigenvalue weighted by Gasteiger charge is 2.28. The van der Waals surface area contributed by atoms with Crippen LogP contribution in [0.1, 0.15) is 31.1 Å². The molecular weight excluding hydrogens is 426 g/mol. The molecule has 0 spiro atoms. The van der Waals surface area contributed by atoms with E-state index in [0.29, 0.717) is 44.9 Å². The second-order valence-electron chi connectivity index (χ2n) is 6.63. The lowest BCUT2D eigenvalue weighted by atomic mass is 9.98. The largest absolute Gasteiger partial charge is 0.496 e. The van der Waals surface area contributed by atoms with Crippen LogP contribution in [0.4, 0.5) is 0 Å². The van der Waals surface area contributed by atoms with Crippen molar-refractivity contribution >= 4 is 28.0 Å². The standard InChI is InChI=1S/C23H21NO7.C2H6/c1-5-30-23(26)19-18(13-10-16(28-3)17(29-4)11-15(13)27-2)21-20(24-22(19)25)12-8-6-7-9-14(12)31-21;1-2/h6-11H,5H2,1-4H3,(H,24,25);1-2H3. The Morgan fingerprint density at radius 2 is 1.61 bits per heavy atom. The zero-order chi connectivity index (χ0) is 24.1. The highest BCUT2D eigenvalue weighted by atomic mass is 16.5. The Kier molecular flexibility index (Phi) is 7.27. The van der Waals surface area contributed by atoms with Gasteiger partial charge in [-0.3, -0.25) is 4.79 Å². The molecule has 0 amide bonds. The molecule has 2 aromatic carbocycles. The zero-order valence-electron chi connectivity index (χ0n) is 19.5. The first-order valence-electron chi connectivity index (χ1n) is 10.6. The highest BCUT2D eigenvalue weighted by Crippen LogP contribution is 2.44. The first-order valence-corrected chi connectivity index (χ1v) is 10.6. The predicted molar refractivity (Wildman–Crippen MR) is 127 cm³/mol. The number of para-hydroxylation sites is 1. The Labute approximate surface area is 191 Å². The number of furan rings is 1. The average molecular weight is 453 g/mol. The molecule has 4 aromatic rings. The van der Waals surface area contributed by atoms with Crippen LogP contribution in [0.15, 0.2) is 45.6 Å². The molecule has 174 valence electrons. The number of hydrogen-bond donors (Lipinski definition) is 1. The van der Waals surface area contributed by atoms with Crippen LogP contribution >= 0.6 is 0 Å². The van der Waals surface area contributed by atoms with E-state index in [0.717, 1.165) is 0 Å². The summed E-state index contributed by atoms with van der Waals surface area (Å²) < 4.78 is 27.6. The Morgan fingerprint density at radius 1 is 0.970 bits per heavy atom. The number of methoxy groups -OCH3 is 3. The quantitative estimate of drug-likeness (QED) is 0.402. The number of carbonyl (C=O) groups excluding carboxylic acids is 1. The van der Waals surface area contributed by atoms with Crippen molar-refractivity contribution in [1.82, 2.24) is 4.98 Å². The minimum absolute atomic E-state index is 0.110. The second-order valence-corrected chi connectivity index (χ2v) is 6.63. The van der Waals surface area contributed by atoms with Gasteiger partial charge in [0.1, 0.15) is 16.9 Å². The van der Waals surface area contributed by atoms with E-state index in [1.165, 1.54) is 21.3 Å². The van der Waals surface area contributed by atoms with E-state index in [1.54, 1.807) is 25.1 Å². The van der Waals surface area contributed by atoms with Crippen LogP contribution in [0.5, 0.6) is 17.2 Å². The first kappa shape index (κ1) is 23.7. The topological polar surface area (TPSA) is 100.0 Å². The summed E-state index contributed by atoms with van der Waals surface area (Å²) >= 11 is 0. The van der Waals surface area contributed by atoms with Crippen molar-refractivity contribution in [2.45, 2.75) is 20.8 Å². The van der Waals surface area contributed by atoms with Gasteiger partial charge >= 0.3 is 5.97 Å². The maximum atomic E-state index is 13.1. The van der Waals surface area contributed by atoms with Crippen LogP contribution in [-0.4, -0.2) is 38.9 Å². The number of hydrogen-bond acceptors (Lipinski definition) is 7. The fourth-order valence-corrected chi connectivity index (χ4v) is 3.63. The smallest absolute Gasteiger partial charge is 0.344 e. The van der Waals surface area contributed by atoms with E-state index in [2.05, 4.69) is 4.98 Å². The van der Waals surface area contributed by atoms with Crippen LogP contribution in [0.25, 0.3) is 33.2 Å². The second kappa shape index (κ2) is 10.1. The molecule has 33 heavy (non-hydrogen) atoms. The maximum Gasteiger partial charge on any atom is 0.344 e. The number of aromatic nitrogens is 1. The molecule has 2 aromatic heterocycles. The number of ether oxygens (including phenoxy) is 4. The van der Waals surface area contributed by atoms with Gasteiger partial charge in [0.05, 0.1) is 39.0 Å². The van der Waals surface area contributed by atoms with E-state index in [9.17, 15) is 9.59 Å². The van der Waals surface area contributed by atoms with Gasteiger partial charge in [0.2, 0.25) is 0 Å². The fraction of sp³-hybridized carbons (Fsp3) is 0.280. The Hall–Kier alpha value is -3.94. The Morgan fingerprint density at radius 3 is 2.24 bits per heavy atom. The summed E-state index contributed by atoms with van der Waals surface area (Å²) in [6, 6.07) is 10.5. The summed E-state index contributed by atoms with van der Waals surface area (Å²) in [5.41, 5.74) is 1.28. The molecule has 0 aliphatic heterocycles. The minimum Gasteiger partial charge on any atom is -0.496 e. The van der Waals surface area contributed by atoms with Crippen LogP contribution in [0.2, 0.25) is 0 Å². The zero-order valence-corrected chi connectivity index (χ0v) is 19.5. The van der Waals surface area contributed by atoms with Gasteiger partial charge in [0.15, 0.2) is 17.1 Å². The number of rotatable bonds is 6. The lowest BCUT2D eigenvalue weighted by Gasteiger charge is -2.16. The van der Waals surface area contributed by atoms with Crippen LogP contribution in [-0.2, 0) is 4.74 Å². The Bertz CT molecular complexity index is 1350. The molecule has 0 saturated carbocycles. The SMILES string of the molecule is CC.CCOC(=O)c1c(-c2cc(OC)c(OC)cc2OC)c2oc3ccccc3c2[nH]c1=O. The summed E-state index contributed by atoms with van der Waals surface area (Å²) in [6.45, 7) is 5.78. The molecule has 0 bridgehead atoms. The molecule has 8 nitrogen and oxygen atoms in total. The molecule has 0 atom stereocenters. The summed E-state index contributed by atoms with van der Waals surface area (Å²) in [5.74, 6) is 0.442. The lowest BCUT2D eigenvalue weighted by Crippen LogP contribution is -2.21. The Balaban J connectivity index is 0.00000149. The van der Waals surface area contributed by atoms with Gasteiger partial charge in [-0.1, -0.05) is 26.0 Å². The molecule has 2 heterocycles. The molecule has 0 fully saturated rings. The predicted octanol–water partition coefficient (Wildman–Crippen LogP) is 5.17. The third kappa shape index (κ3) is 4.11. The van der Waals surface area contributed by atoms with Crippen molar-refractivity contribution in [3.8, 4) is 28.4 Å². The molecule has 0 saturated heterocycles. The van der Waals surface area contributed by atoms with E-state index in [-0.39, 0.29) is 17.7 Å². The molecular formula is C25H27NO7. The van der Waals surface area contributed by atoms with Gasteiger partial charge in [0.25, 0.3) is 5.56 Å². The molecule has 4 rings (SSSR count). The van der Waals surface area contributed by atoms with Gasteiger partial charge in [-0.15, -0.1) is 0 Å². The van der Waals surface area contributed by atoms with Crippen molar-refractivity contribution in [2.75, 3.05) is 27.9 Å². The van der Waals surface area contributed by atoms with Gasteiger partial charge in [-0.05, 0) is 25.1 Å². The number of pyridine rings is 1. The van der Waals surface area contributed by atoms with Crippen molar-refractivity contribution in [3.63, 3.8) is 0 Å². The minimum atomic E-state index is -0.766. The average Bonchev–Trinajstić information content (AvgIpc) is 3.21. The van der Waals surface area contributed by atoms with E-state index >= 15 is 0 Å². The number of carbonyl (C=O) groups is 1. The van der Waals surface area contributed by atoms with E-state index < -0.39 is 11.5 Å². The molecule has 1 N–H and O–H groups in total. The molecule has 0 aliphatic carbocycles. The van der Waals surface area contributed by atoms with Crippen molar-refractivity contribution in [3.05, 3.63) is 52.3 Å². The third-order valence-electron chi connectivity index (χ3n) is 4.99. The molecule has 0 aliphatic rings. The lowest BCUT2D eigenvalue weighted by molar-refractivity contribution is 0.0525.